The summed E-state index contributed by atoms with van der Waals surface area (Å²) in [6, 6.07) is 3.17. The average Bonchev–Trinajstić information content (AvgIpc) is 2.64. The number of aliphatic hydroxyl groups is 1. The van der Waals surface area contributed by atoms with Crippen LogP contribution >= 0.6 is 0 Å². The molecule has 1 rings (SSSR count). The average molecular weight is 226 g/mol. The molecule has 0 aliphatic carbocycles. The van der Waals surface area contributed by atoms with Gasteiger partial charge in [0, 0.05) is 19.8 Å². The number of hydrogen-bond donors (Lipinski definition) is 2. The van der Waals surface area contributed by atoms with E-state index < -0.39 is 5.97 Å². The van der Waals surface area contributed by atoms with Gasteiger partial charge in [0.2, 0.25) is 0 Å². The molecule has 1 heterocycles. The summed E-state index contributed by atoms with van der Waals surface area (Å²) >= 11 is 0. The lowest BCUT2D eigenvalue weighted by molar-refractivity contribution is -0.137. The van der Waals surface area contributed by atoms with Crippen LogP contribution in [0, 0.1) is 0 Å². The second kappa shape index (κ2) is 5.32. The van der Waals surface area contributed by atoms with Crippen LogP contribution in [0.2, 0.25) is 0 Å². The molecule has 1 aromatic heterocycles. The van der Waals surface area contributed by atoms with Crippen molar-refractivity contribution in [3.63, 3.8) is 0 Å². The van der Waals surface area contributed by atoms with Gasteiger partial charge in [0.25, 0.3) is 5.91 Å². The summed E-state index contributed by atoms with van der Waals surface area (Å²) in [6.07, 6.45) is 1.54. The third kappa shape index (κ3) is 2.83. The fourth-order valence-corrected chi connectivity index (χ4v) is 1.34. The van der Waals surface area contributed by atoms with E-state index in [4.69, 9.17) is 10.2 Å². The zero-order valence-electron chi connectivity index (χ0n) is 8.96. The van der Waals surface area contributed by atoms with Gasteiger partial charge < -0.3 is 19.7 Å². The maximum atomic E-state index is 11.8. The van der Waals surface area contributed by atoms with Gasteiger partial charge in [-0.3, -0.25) is 9.59 Å². The van der Waals surface area contributed by atoms with E-state index in [1.165, 1.54) is 15.7 Å². The summed E-state index contributed by atoms with van der Waals surface area (Å²) in [5.74, 6) is -1.31. The van der Waals surface area contributed by atoms with Crippen LogP contribution in [0.4, 0.5) is 0 Å². The molecule has 88 valence electrons. The number of carboxylic acids is 1. The molecule has 6 heteroatoms. The second-order valence-electron chi connectivity index (χ2n) is 3.37. The highest BCUT2D eigenvalue weighted by Crippen LogP contribution is 2.05. The van der Waals surface area contributed by atoms with Crippen LogP contribution in [-0.2, 0) is 11.3 Å². The van der Waals surface area contributed by atoms with Crippen molar-refractivity contribution < 1.29 is 19.8 Å². The lowest BCUT2D eigenvalue weighted by atomic mass is 10.3. The van der Waals surface area contributed by atoms with Gasteiger partial charge in [-0.05, 0) is 12.1 Å². The maximum Gasteiger partial charge on any atom is 0.323 e. The number of aliphatic hydroxyl groups excluding tert-OH is 1. The molecular weight excluding hydrogens is 212 g/mol. The minimum atomic E-state index is -1.00. The summed E-state index contributed by atoms with van der Waals surface area (Å²) < 4.78 is 1.36. The first-order valence-corrected chi connectivity index (χ1v) is 4.79. The summed E-state index contributed by atoms with van der Waals surface area (Å²) in [5.41, 5.74) is 0.304. The Hall–Kier alpha value is -1.82. The van der Waals surface area contributed by atoms with Crippen molar-refractivity contribution in [2.45, 2.75) is 6.54 Å². The zero-order valence-corrected chi connectivity index (χ0v) is 8.96. The van der Waals surface area contributed by atoms with Crippen LogP contribution in [0.5, 0.6) is 0 Å². The molecule has 0 bridgehead atoms. The molecule has 2 N–H and O–H groups in total. The normalized spacial score (nSPS) is 10.1. The molecule has 0 saturated carbocycles. The molecule has 0 saturated heterocycles. The second-order valence-corrected chi connectivity index (χ2v) is 3.37. The van der Waals surface area contributed by atoms with E-state index >= 15 is 0 Å². The van der Waals surface area contributed by atoms with E-state index in [0.29, 0.717) is 5.69 Å². The van der Waals surface area contributed by atoms with Crippen molar-refractivity contribution in [2.75, 3.05) is 20.2 Å². The molecule has 0 radical (unpaired) electrons. The highest BCUT2D eigenvalue weighted by molar-refractivity contribution is 5.93. The van der Waals surface area contributed by atoms with E-state index in [1.807, 2.05) is 0 Å². The van der Waals surface area contributed by atoms with E-state index in [9.17, 15) is 9.59 Å². The van der Waals surface area contributed by atoms with E-state index in [0.717, 1.165) is 0 Å². The number of carbonyl (C=O) groups excluding carboxylic acids is 1. The molecule has 0 fully saturated rings. The Kier molecular flexibility index (Phi) is 4.07. The van der Waals surface area contributed by atoms with Gasteiger partial charge in [-0.2, -0.15) is 0 Å². The van der Waals surface area contributed by atoms with Gasteiger partial charge in [0.15, 0.2) is 0 Å². The van der Waals surface area contributed by atoms with Gasteiger partial charge in [-0.1, -0.05) is 0 Å². The Labute approximate surface area is 92.7 Å². The van der Waals surface area contributed by atoms with Crippen LogP contribution in [0.25, 0.3) is 0 Å². The first kappa shape index (κ1) is 12.3. The molecule has 0 aliphatic heterocycles. The Morgan fingerprint density at radius 1 is 1.50 bits per heavy atom. The van der Waals surface area contributed by atoms with Gasteiger partial charge in [0.1, 0.15) is 12.2 Å². The third-order valence-corrected chi connectivity index (χ3v) is 2.14. The van der Waals surface area contributed by atoms with Crippen molar-refractivity contribution in [1.82, 2.24) is 9.47 Å². The first-order valence-electron chi connectivity index (χ1n) is 4.79. The molecule has 0 unspecified atom stereocenters. The molecule has 6 nitrogen and oxygen atoms in total. The predicted molar refractivity (Wildman–Crippen MR) is 56.1 cm³/mol. The van der Waals surface area contributed by atoms with Gasteiger partial charge in [0.05, 0.1) is 6.61 Å². The molecule has 0 aromatic carbocycles. The third-order valence-electron chi connectivity index (χ3n) is 2.14. The Morgan fingerprint density at radius 2 is 2.19 bits per heavy atom. The summed E-state index contributed by atoms with van der Waals surface area (Å²) in [5, 5.41) is 17.4. The van der Waals surface area contributed by atoms with Crippen LogP contribution in [0.1, 0.15) is 10.5 Å². The Balaban J connectivity index is 2.83. The highest BCUT2D eigenvalue weighted by Gasteiger charge is 2.16. The van der Waals surface area contributed by atoms with Crippen molar-refractivity contribution in [1.29, 1.82) is 0 Å². The van der Waals surface area contributed by atoms with Crippen LogP contribution in [0.3, 0.4) is 0 Å². The van der Waals surface area contributed by atoms with Crippen LogP contribution < -0.4 is 0 Å². The molecule has 0 spiro atoms. The molecule has 16 heavy (non-hydrogen) atoms. The number of carboxylic acid groups (broad SMARTS) is 1. The maximum absolute atomic E-state index is 11.8. The van der Waals surface area contributed by atoms with Crippen LogP contribution in [0.15, 0.2) is 18.3 Å². The molecular formula is C10H14N2O4. The lowest BCUT2D eigenvalue weighted by Crippen LogP contribution is -2.31. The fourth-order valence-electron chi connectivity index (χ4n) is 1.34. The van der Waals surface area contributed by atoms with E-state index in [-0.39, 0.29) is 25.6 Å². The lowest BCUT2D eigenvalue weighted by Gasteiger charge is -2.16. The number of likely N-dealkylation sites (N-methyl/N-ethyl adjacent to an activating group) is 1. The number of rotatable bonds is 5. The smallest absolute Gasteiger partial charge is 0.323 e. The summed E-state index contributed by atoms with van der Waals surface area (Å²) in [4.78, 5) is 23.7. The van der Waals surface area contributed by atoms with E-state index in [2.05, 4.69) is 0 Å². The number of amides is 1. The largest absolute Gasteiger partial charge is 0.480 e. The van der Waals surface area contributed by atoms with Gasteiger partial charge >= 0.3 is 5.97 Å². The van der Waals surface area contributed by atoms with Crippen molar-refractivity contribution in [3.05, 3.63) is 24.0 Å². The molecule has 0 aliphatic rings. The topological polar surface area (TPSA) is 82.8 Å². The van der Waals surface area contributed by atoms with Gasteiger partial charge in [-0.25, -0.2) is 0 Å². The minimum Gasteiger partial charge on any atom is -0.480 e. The highest BCUT2D eigenvalue weighted by atomic mass is 16.4. The summed E-state index contributed by atoms with van der Waals surface area (Å²) in [7, 11) is 1.55. The monoisotopic (exact) mass is 226 g/mol. The minimum absolute atomic E-state index is 0.123. The molecule has 0 atom stereocenters. The van der Waals surface area contributed by atoms with Crippen molar-refractivity contribution in [3.8, 4) is 0 Å². The van der Waals surface area contributed by atoms with Crippen molar-refractivity contribution in [2.24, 2.45) is 0 Å². The summed E-state index contributed by atoms with van der Waals surface area (Å²) in [6.45, 7) is -0.153. The first-order chi connectivity index (χ1) is 7.56. The predicted octanol–water partition coefficient (Wildman–Crippen LogP) is -0.363. The zero-order chi connectivity index (χ0) is 12.1. The number of aliphatic carboxylic acids is 1. The quantitative estimate of drug-likeness (QED) is 0.718. The number of hydrogen-bond acceptors (Lipinski definition) is 3. The fraction of sp³-hybridized carbons (Fsp3) is 0.400. The molecule has 1 aromatic rings. The number of carbonyl (C=O) groups is 2. The standard InChI is InChI=1S/C10H14N2O4/c1-11(5-6-13)10(16)8-3-2-4-12(8)7-9(14)15/h2-4,13H,5-7H2,1H3,(H,14,15). The van der Waals surface area contributed by atoms with Gasteiger partial charge in [-0.15, -0.1) is 0 Å². The van der Waals surface area contributed by atoms with Crippen molar-refractivity contribution >= 4 is 11.9 Å². The number of aromatic nitrogens is 1. The molecule has 1 amide bonds. The van der Waals surface area contributed by atoms with E-state index in [1.54, 1.807) is 19.2 Å². The Morgan fingerprint density at radius 3 is 2.75 bits per heavy atom. The Bertz CT molecular complexity index is 386. The SMILES string of the molecule is CN(CCO)C(=O)c1cccn1CC(=O)O. The van der Waals surface area contributed by atoms with Crippen LogP contribution in [-0.4, -0.2) is 51.8 Å². The number of nitrogens with zero attached hydrogens (tertiary/aromatic N) is 2.